The van der Waals surface area contributed by atoms with Gasteiger partial charge >= 0.3 is 0 Å². The Hall–Kier alpha value is -2.44. The van der Waals surface area contributed by atoms with Gasteiger partial charge in [0.2, 0.25) is 5.95 Å². The first-order chi connectivity index (χ1) is 15.0. The maximum Gasteiger partial charge on any atom is 0.225 e. The maximum absolute atomic E-state index is 13.2. The molecule has 2 aromatic carbocycles. The molecule has 0 radical (unpaired) electrons. The standard InChI is InChI=1S/C24H29ClFN5/c1-31(2)23-20-5-3-4-6-22(20)29-24(30-23)28-19-11-9-18(10-12-19)27-14-13-16-7-8-17(26)15-21(16)25/h3-8,15,18-19,27H,9-14H2,1-2H3,(H,28,29,30). The zero-order chi connectivity index (χ0) is 21.8. The fourth-order valence-electron chi connectivity index (χ4n) is 4.23. The predicted molar refractivity (Wildman–Crippen MR) is 127 cm³/mol. The molecule has 1 aromatic heterocycles. The van der Waals surface area contributed by atoms with Crippen molar-refractivity contribution < 1.29 is 4.39 Å². The van der Waals surface area contributed by atoms with Crippen LogP contribution in [0.3, 0.4) is 0 Å². The first-order valence-corrected chi connectivity index (χ1v) is 11.3. The van der Waals surface area contributed by atoms with E-state index >= 15 is 0 Å². The lowest BCUT2D eigenvalue weighted by Crippen LogP contribution is -2.38. The second-order valence-electron chi connectivity index (χ2n) is 8.42. The number of aromatic nitrogens is 2. The van der Waals surface area contributed by atoms with Crippen molar-refractivity contribution in [3.8, 4) is 0 Å². The summed E-state index contributed by atoms with van der Waals surface area (Å²) >= 11 is 6.12. The van der Waals surface area contributed by atoms with Gasteiger partial charge in [-0.1, -0.05) is 29.8 Å². The van der Waals surface area contributed by atoms with Crippen LogP contribution in [0, 0.1) is 5.82 Å². The normalized spacial score (nSPS) is 18.8. The van der Waals surface area contributed by atoms with E-state index in [1.54, 1.807) is 6.07 Å². The van der Waals surface area contributed by atoms with Crippen LogP contribution >= 0.6 is 11.6 Å². The molecule has 1 aliphatic rings. The average molecular weight is 442 g/mol. The third-order valence-corrected chi connectivity index (χ3v) is 6.26. The molecule has 164 valence electrons. The van der Waals surface area contributed by atoms with Gasteiger partial charge in [0.1, 0.15) is 11.6 Å². The van der Waals surface area contributed by atoms with Crippen LogP contribution in [0.4, 0.5) is 16.2 Å². The summed E-state index contributed by atoms with van der Waals surface area (Å²) in [5.41, 5.74) is 1.94. The van der Waals surface area contributed by atoms with Gasteiger partial charge in [0, 0.05) is 36.6 Å². The lowest BCUT2D eigenvalue weighted by molar-refractivity contribution is 0.355. The van der Waals surface area contributed by atoms with Crippen molar-refractivity contribution in [3.05, 3.63) is 58.9 Å². The second-order valence-corrected chi connectivity index (χ2v) is 8.82. The SMILES string of the molecule is CN(C)c1nc(NC2CCC(NCCc3ccc(F)cc3Cl)CC2)nc2ccccc12. The summed E-state index contributed by atoms with van der Waals surface area (Å²) in [5, 5.41) is 8.74. The highest BCUT2D eigenvalue weighted by Gasteiger charge is 2.22. The molecule has 0 unspecified atom stereocenters. The maximum atomic E-state index is 13.2. The number of nitrogens with one attached hydrogen (secondary N) is 2. The molecule has 31 heavy (non-hydrogen) atoms. The molecule has 0 saturated heterocycles. The molecule has 5 nitrogen and oxygen atoms in total. The van der Waals surface area contributed by atoms with Gasteiger partial charge in [-0.15, -0.1) is 0 Å². The fourth-order valence-corrected chi connectivity index (χ4v) is 4.49. The van der Waals surface area contributed by atoms with E-state index in [1.165, 1.54) is 12.1 Å². The van der Waals surface area contributed by atoms with E-state index < -0.39 is 0 Å². The lowest BCUT2D eigenvalue weighted by atomic mass is 9.91. The molecule has 4 rings (SSSR count). The molecule has 2 N–H and O–H groups in total. The van der Waals surface area contributed by atoms with Gasteiger partial charge in [-0.3, -0.25) is 0 Å². The van der Waals surface area contributed by atoms with E-state index in [4.69, 9.17) is 21.6 Å². The molecule has 1 saturated carbocycles. The number of rotatable bonds is 7. The summed E-state index contributed by atoms with van der Waals surface area (Å²) in [4.78, 5) is 11.5. The summed E-state index contributed by atoms with van der Waals surface area (Å²) in [6.07, 6.45) is 5.15. The Bertz CT molecular complexity index is 1030. The van der Waals surface area contributed by atoms with E-state index in [2.05, 4.69) is 16.7 Å². The Morgan fingerprint density at radius 1 is 1.03 bits per heavy atom. The first-order valence-electron chi connectivity index (χ1n) is 10.9. The zero-order valence-electron chi connectivity index (χ0n) is 18.0. The number of benzene rings is 2. The number of hydrogen-bond donors (Lipinski definition) is 2. The number of para-hydroxylation sites is 1. The highest BCUT2D eigenvalue weighted by atomic mass is 35.5. The van der Waals surface area contributed by atoms with Crippen molar-refractivity contribution in [2.45, 2.75) is 44.2 Å². The van der Waals surface area contributed by atoms with Crippen molar-refractivity contribution in [2.24, 2.45) is 0 Å². The van der Waals surface area contributed by atoms with Crippen LogP contribution in [0.15, 0.2) is 42.5 Å². The molecular formula is C24H29ClFN5. The van der Waals surface area contributed by atoms with Crippen LogP contribution in [-0.4, -0.2) is 42.7 Å². The number of halogens is 2. The number of fused-ring (bicyclic) bond motifs is 1. The number of nitrogens with zero attached hydrogens (tertiary/aromatic N) is 3. The van der Waals surface area contributed by atoms with Crippen molar-refractivity contribution in [3.63, 3.8) is 0 Å². The Kier molecular flexibility index (Phi) is 6.88. The highest BCUT2D eigenvalue weighted by molar-refractivity contribution is 6.31. The smallest absolute Gasteiger partial charge is 0.225 e. The van der Waals surface area contributed by atoms with Crippen molar-refractivity contribution in [2.75, 3.05) is 30.9 Å². The van der Waals surface area contributed by atoms with Gasteiger partial charge in [0.05, 0.1) is 5.52 Å². The fraction of sp³-hybridized carbons (Fsp3) is 0.417. The van der Waals surface area contributed by atoms with Crippen LogP contribution < -0.4 is 15.5 Å². The number of hydrogen-bond acceptors (Lipinski definition) is 5. The molecule has 7 heteroatoms. The van der Waals surface area contributed by atoms with Crippen LogP contribution in [0.5, 0.6) is 0 Å². The molecule has 0 aliphatic heterocycles. The second kappa shape index (κ2) is 9.79. The number of anilines is 2. The molecule has 3 aromatic rings. The van der Waals surface area contributed by atoms with E-state index in [0.29, 0.717) is 23.1 Å². The summed E-state index contributed by atoms with van der Waals surface area (Å²) in [5.74, 6) is 1.34. The summed E-state index contributed by atoms with van der Waals surface area (Å²) in [6, 6.07) is 13.6. The molecule has 0 atom stereocenters. The zero-order valence-corrected chi connectivity index (χ0v) is 18.8. The minimum absolute atomic E-state index is 0.291. The minimum Gasteiger partial charge on any atom is -0.362 e. The van der Waals surface area contributed by atoms with Crippen molar-refractivity contribution in [1.82, 2.24) is 15.3 Å². The lowest BCUT2D eigenvalue weighted by Gasteiger charge is -2.30. The Balaban J connectivity index is 1.29. The third-order valence-electron chi connectivity index (χ3n) is 5.91. The van der Waals surface area contributed by atoms with Crippen LogP contribution in [0.1, 0.15) is 31.2 Å². The van der Waals surface area contributed by atoms with E-state index in [0.717, 1.165) is 60.9 Å². The van der Waals surface area contributed by atoms with Gasteiger partial charge in [-0.05, 0) is 68.5 Å². The van der Waals surface area contributed by atoms with Crippen LogP contribution in [0.25, 0.3) is 10.9 Å². The quantitative estimate of drug-likeness (QED) is 0.537. The average Bonchev–Trinajstić information content (AvgIpc) is 2.76. The molecular weight excluding hydrogens is 413 g/mol. The van der Waals surface area contributed by atoms with E-state index in [1.807, 2.05) is 37.2 Å². The Labute approximate surface area is 188 Å². The van der Waals surface area contributed by atoms with Crippen molar-refractivity contribution >= 4 is 34.3 Å². The Morgan fingerprint density at radius 2 is 1.77 bits per heavy atom. The van der Waals surface area contributed by atoms with Gasteiger partial charge in [0.25, 0.3) is 0 Å². The van der Waals surface area contributed by atoms with E-state index in [-0.39, 0.29) is 5.82 Å². The largest absolute Gasteiger partial charge is 0.362 e. The van der Waals surface area contributed by atoms with Gasteiger partial charge in [-0.25, -0.2) is 9.37 Å². The van der Waals surface area contributed by atoms with Crippen LogP contribution in [0.2, 0.25) is 5.02 Å². The summed E-state index contributed by atoms with van der Waals surface area (Å²) in [6.45, 7) is 0.841. The monoisotopic (exact) mass is 441 g/mol. The molecule has 0 spiro atoms. The molecule has 0 amide bonds. The summed E-state index contributed by atoms with van der Waals surface area (Å²) < 4.78 is 13.2. The molecule has 0 bridgehead atoms. The molecule has 1 fully saturated rings. The first kappa shape index (κ1) is 21.8. The summed E-state index contributed by atoms with van der Waals surface area (Å²) in [7, 11) is 4.02. The van der Waals surface area contributed by atoms with Crippen molar-refractivity contribution in [1.29, 1.82) is 0 Å². The minimum atomic E-state index is -0.291. The van der Waals surface area contributed by atoms with Gasteiger partial charge in [-0.2, -0.15) is 4.98 Å². The van der Waals surface area contributed by atoms with Gasteiger partial charge < -0.3 is 15.5 Å². The molecule has 1 aliphatic carbocycles. The Morgan fingerprint density at radius 3 is 2.52 bits per heavy atom. The van der Waals surface area contributed by atoms with E-state index in [9.17, 15) is 4.39 Å². The van der Waals surface area contributed by atoms with Gasteiger partial charge in [0.15, 0.2) is 0 Å². The topological polar surface area (TPSA) is 53.1 Å². The molecule has 1 heterocycles. The van der Waals surface area contributed by atoms with Crippen LogP contribution in [-0.2, 0) is 6.42 Å². The third kappa shape index (κ3) is 5.43. The predicted octanol–water partition coefficient (Wildman–Crippen LogP) is 5.04. The highest BCUT2D eigenvalue weighted by Crippen LogP contribution is 2.26.